The molecule has 0 spiro atoms. The minimum absolute atomic E-state index is 0.0245. The number of hydrogen-bond acceptors (Lipinski definition) is 8. The zero-order valence-electron chi connectivity index (χ0n) is 34.8. The van der Waals surface area contributed by atoms with E-state index >= 15 is 0 Å². The van der Waals surface area contributed by atoms with Crippen molar-refractivity contribution in [2.24, 2.45) is 11.8 Å². The Morgan fingerprint density at radius 2 is 1.44 bits per heavy atom. The number of unbranched alkanes of at least 4 members (excludes halogenated alkanes) is 15. The molecule has 0 bridgehead atoms. The van der Waals surface area contributed by atoms with Crippen molar-refractivity contribution in [2.75, 3.05) is 40.9 Å². The van der Waals surface area contributed by atoms with Gasteiger partial charge in [-0.15, -0.1) is 0 Å². The van der Waals surface area contributed by atoms with Crippen LogP contribution in [0.5, 0.6) is 0 Å². The SMILES string of the molecule is CCCCCCCCCCCCCCC[C@@H](O)[C@H](COP(=O)([O-])OCC[N+](C)(C)C)NC(=O)CCC/C=C\C[C@H]1C=CC(=O)[C@@H]1/C=C/[C@@H](O)CCCCC. The molecule has 314 valence electrons. The molecule has 11 heteroatoms. The van der Waals surface area contributed by atoms with Gasteiger partial charge in [0, 0.05) is 12.3 Å². The Morgan fingerprint density at radius 1 is 0.870 bits per heavy atom. The topological polar surface area (TPSA) is 145 Å². The van der Waals surface area contributed by atoms with Crippen molar-refractivity contribution < 1.29 is 42.8 Å². The zero-order chi connectivity index (χ0) is 40.1. The predicted molar refractivity (Wildman–Crippen MR) is 219 cm³/mol. The first-order chi connectivity index (χ1) is 25.8. The van der Waals surface area contributed by atoms with Crippen LogP contribution in [-0.2, 0) is 23.2 Å². The molecular weight excluding hydrogens is 703 g/mol. The summed E-state index contributed by atoms with van der Waals surface area (Å²) in [6, 6.07) is -0.878. The van der Waals surface area contributed by atoms with Crippen LogP contribution in [0.1, 0.15) is 155 Å². The van der Waals surface area contributed by atoms with E-state index in [1.54, 1.807) is 12.2 Å². The van der Waals surface area contributed by atoms with E-state index in [1.807, 2.05) is 45.4 Å². The van der Waals surface area contributed by atoms with Crippen LogP contribution in [0.2, 0.25) is 0 Å². The molecule has 0 aromatic rings. The number of nitrogens with one attached hydrogen (secondary N) is 1. The van der Waals surface area contributed by atoms with E-state index in [0.29, 0.717) is 43.1 Å². The average molecular weight is 783 g/mol. The number of phosphoric acid groups is 1. The van der Waals surface area contributed by atoms with Crippen molar-refractivity contribution in [1.29, 1.82) is 0 Å². The zero-order valence-corrected chi connectivity index (χ0v) is 35.7. The molecule has 6 atom stereocenters. The summed E-state index contributed by atoms with van der Waals surface area (Å²) in [5.74, 6) is -0.443. The van der Waals surface area contributed by atoms with Gasteiger partial charge < -0.3 is 34.0 Å². The molecule has 0 aromatic carbocycles. The Balaban J connectivity index is 2.52. The number of aliphatic hydroxyl groups is 2. The number of rotatable bonds is 35. The number of amides is 1. The molecule has 0 radical (unpaired) electrons. The molecule has 0 heterocycles. The van der Waals surface area contributed by atoms with Crippen LogP contribution in [0.3, 0.4) is 0 Å². The number of carbonyl (C=O) groups is 2. The third kappa shape index (κ3) is 27.0. The van der Waals surface area contributed by atoms with Crippen molar-refractivity contribution in [2.45, 2.75) is 173 Å². The monoisotopic (exact) mass is 783 g/mol. The van der Waals surface area contributed by atoms with Crippen molar-refractivity contribution in [1.82, 2.24) is 5.32 Å². The summed E-state index contributed by atoms with van der Waals surface area (Å²) in [5, 5.41) is 24.1. The lowest BCUT2D eigenvalue weighted by atomic mass is 9.90. The van der Waals surface area contributed by atoms with Crippen LogP contribution in [0.15, 0.2) is 36.5 Å². The fourth-order valence-corrected chi connectivity index (χ4v) is 7.28. The minimum atomic E-state index is -4.62. The normalized spacial score (nSPS) is 19.1. The molecular formula is C43H79N2O8P. The second-order valence-electron chi connectivity index (χ2n) is 16.4. The van der Waals surface area contributed by atoms with Gasteiger partial charge in [0.05, 0.1) is 46.0 Å². The molecule has 0 aliphatic heterocycles. The second-order valence-corrected chi connectivity index (χ2v) is 17.8. The summed E-state index contributed by atoms with van der Waals surface area (Å²) in [6.07, 6.45) is 31.9. The highest BCUT2D eigenvalue weighted by molar-refractivity contribution is 7.45. The van der Waals surface area contributed by atoms with E-state index < -0.39 is 32.7 Å². The van der Waals surface area contributed by atoms with E-state index in [0.717, 1.165) is 38.5 Å². The molecule has 0 saturated heterocycles. The molecule has 3 N–H and O–H groups in total. The van der Waals surface area contributed by atoms with Crippen molar-refractivity contribution in [3.05, 3.63) is 36.5 Å². The number of hydrogen-bond donors (Lipinski definition) is 3. The van der Waals surface area contributed by atoms with Gasteiger partial charge in [-0.2, -0.15) is 0 Å². The first-order valence-electron chi connectivity index (χ1n) is 21.4. The molecule has 1 rings (SSSR count). The lowest BCUT2D eigenvalue weighted by Gasteiger charge is -2.30. The first kappa shape index (κ1) is 50.4. The lowest BCUT2D eigenvalue weighted by molar-refractivity contribution is -0.870. The highest BCUT2D eigenvalue weighted by Gasteiger charge is 2.27. The average Bonchev–Trinajstić information content (AvgIpc) is 3.46. The van der Waals surface area contributed by atoms with Crippen molar-refractivity contribution >= 4 is 19.5 Å². The van der Waals surface area contributed by atoms with Crippen LogP contribution in [0, 0.1) is 11.8 Å². The van der Waals surface area contributed by atoms with Gasteiger partial charge in [0.1, 0.15) is 13.2 Å². The third-order valence-corrected chi connectivity index (χ3v) is 11.1. The summed E-state index contributed by atoms with van der Waals surface area (Å²) < 4.78 is 23.2. The maximum absolute atomic E-state index is 12.9. The Hall–Kier alpha value is -1.65. The molecule has 1 aliphatic carbocycles. The fourth-order valence-electron chi connectivity index (χ4n) is 6.56. The van der Waals surface area contributed by atoms with Gasteiger partial charge in [-0.3, -0.25) is 14.2 Å². The molecule has 10 nitrogen and oxygen atoms in total. The number of phosphoric ester groups is 1. The highest BCUT2D eigenvalue weighted by atomic mass is 31.2. The number of quaternary nitrogens is 1. The number of carbonyl (C=O) groups excluding carboxylic acids is 2. The van der Waals surface area contributed by atoms with E-state index in [9.17, 15) is 29.3 Å². The highest BCUT2D eigenvalue weighted by Crippen LogP contribution is 2.38. The van der Waals surface area contributed by atoms with E-state index in [1.165, 1.54) is 64.2 Å². The van der Waals surface area contributed by atoms with Gasteiger partial charge in [-0.25, -0.2) is 0 Å². The predicted octanol–water partition coefficient (Wildman–Crippen LogP) is 8.51. The largest absolute Gasteiger partial charge is 0.756 e. The second kappa shape index (κ2) is 30.5. The Labute approximate surface area is 329 Å². The van der Waals surface area contributed by atoms with E-state index in [2.05, 4.69) is 19.2 Å². The van der Waals surface area contributed by atoms with Crippen LogP contribution in [0.4, 0.5) is 0 Å². The number of nitrogens with zero attached hydrogens (tertiary/aromatic N) is 1. The number of allylic oxidation sites excluding steroid dienone is 5. The smallest absolute Gasteiger partial charge is 0.268 e. The molecule has 1 amide bonds. The standard InChI is InChI=1S/C43H79N2O8P/c1-6-8-10-11-12-13-14-15-16-17-18-19-24-28-42(48)40(36-53-54(50,51)52-35-34-45(3,4)5)44-43(49)29-25-21-20-23-26-37-30-33-41(47)39(37)32-31-38(46)27-22-9-7-2/h20,23,30-33,37-40,42,46,48H,6-19,21-22,24-29,34-36H2,1-5H3,(H-,44,49,50,51)/b23-20-,32-31+/t37-,38-,39+,40-,42+/m0/s1. The molecule has 1 unspecified atom stereocenters. The number of ketones is 1. The van der Waals surface area contributed by atoms with Crippen LogP contribution in [-0.4, -0.2) is 85.5 Å². The van der Waals surface area contributed by atoms with E-state index in [4.69, 9.17) is 9.05 Å². The summed E-state index contributed by atoms with van der Waals surface area (Å²) in [5.41, 5.74) is 0. The minimum Gasteiger partial charge on any atom is -0.756 e. The summed E-state index contributed by atoms with van der Waals surface area (Å²) in [7, 11) is 1.18. The molecule has 1 aliphatic rings. The maximum atomic E-state index is 12.9. The number of aliphatic hydroxyl groups excluding tert-OH is 2. The van der Waals surface area contributed by atoms with E-state index in [-0.39, 0.29) is 36.6 Å². The summed E-state index contributed by atoms with van der Waals surface area (Å²) in [6.45, 7) is 4.43. The molecule has 0 saturated carbocycles. The number of likely N-dealkylation sites (N-methyl/N-ethyl adjacent to an activating group) is 1. The molecule has 0 aromatic heterocycles. The van der Waals surface area contributed by atoms with Crippen molar-refractivity contribution in [3.63, 3.8) is 0 Å². The van der Waals surface area contributed by atoms with Crippen molar-refractivity contribution in [3.8, 4) is 0 Å². The van der Waals surface area contributed by atoms with Crippen LogP contribution >= 0.6 is 7.82 Å². The Kier molecular flexibility index (Phi) is 28.4. The summed E-state index contributed by atoms with van der Waals surface area (Å²) >= 11 is 0. The fraction of sp³-hybridized carbons (Fsp3) is 0.814. The van der Waals surface area contributed by atoms with Gasteiger partial charge in [0.15, 0.2) is 5.78 Å². The molecule has 0 fully saturated rings. The van der Waals surface area contributed by atoms with Gasteiger partial charge in [-0.05, 0) is 44.1 Å². The molecule has 54 heavy (non-hydrogen) atoms. The van der Waals surface area contributed by atoms with Crippen LogP contribution < -0.4 is 10.2 Å². The maximum Gasteiger partial charge on any atom is 0.268 e. The van der Waals surface area contributed by atoms with Gasteiger partial charge in [0.25, 0.3) is 7.82 Å². The van der Waals surface area contributed by atoms with Crippen LogP contribution in [0.25, 0.3) is 0 Å². The van der Waals surface area contributed by atoms with Gasteiger partial charge in [0.2, 0.25) is 5.91 Å². The first-order valence-corrected chi connectivity index (χ1v) is 22.9. The van der Waals surface area contributed by atoms with Gasteiger partial charge in [-0.1, -0.05) is 147 Å². The Bertz CT molecular complexity index is 1120. The lowest BCUT2D eigenvalue weighted by Crippen LogP contribution is -2.46. The quantitative estimate of drug-likeness (QED) is 0.0251. The third-order valence-electron chi connectivity index (χ3n) is 10.1. The summed E-state index contributed by atoms with van der Waals surface area (Å²) in [4.78, 5) is 37.8. The Morgan fingerprint density at radius 3 is 2.06 bits per heavy atom. The van der Waals surface area contributed by atoms with Gasteiger partial charge >= 0.3 is 0 Å².